The van der Waals surface area contributed by atoms with Gasteiger partial charge in [-0.25, -0.2) is 9.59 Å². The molecule has 3 N–H and O–H groups in total. The minimum Gasteiger partial charge on any atom is -0.478 e. The van der Waals surface area contributed by atoms with Gasteiger partial charge in [-0.05, 0) is 24.6 Å². The summed E-state index contributed by atoms with van der Waals surface area (Å²) in [6.07, 6.45) is -0.738. The van der Waals surface area contributed by atoms with Crippen LogP contribution in [0.3, 0.4) is 0 Å². The molecule has 0 saturated carbocycles. The molecule has 130 valence electrons. The second kappa shape index (κ2) is 8.49. The molecule has 0 spiro atoms. The van der Waals surface area contributed by atoms with Gasteiger partial charge in [-0.15, -0.1) is 0 Å². The Balaban J connectivity index is 1.88. The number of alkyl carbamates (subject to hydrolysis) is 1. The Hall–Kier alpha value is -3.35. The number of hydrogen-bond donors (Lipinski definition) is 3. The van der Waals surface area contributed by atoms with Crippen molar-refractivity contribution in [1.82, 2.24) is 5.32 Å². The van der Waals surface area contributed by atoms with Crippen LogP contribution in [0.15, 0.2) is 54.6 Å². The molecule has 25 heavy (non-hydrogen) atoms. The van der Waals surface area contributed by atoms with E-state index in [1.807, 2.05) is 30.3 Å². The molecule has 0 fully saturated rings. The Kier molecular flexibility index (Phi) is 6.11. The van der Waals surface area contributed by atoms with Crippen molar-refractivity contribution in [2.45, 2.75) is 19.6 Å². The van der Waals surface area contributed by atoms with Crippen molar-refractivity contribution >= 4 is 23.7 Å². The lowest BCUT2D eigenvalue weighted by Gasteiger charge is -2.15. The van der Waals surface area contributed by atoms with Crippen LogP contribution in [0.2, 0.25) is 0 Å². The normalized spacial score (nSPS) is 11.2. The van der Waals surface area contributed by atoms with Crippen LogP contribution in [-0.4, -0.2) is 29.1 Å². The monoisotopic (exact) mass is 342 g/mol. The summed E-state index contributed by atoms with van der Waals surface area (Å²) >= 11 is 0. The first-order chi connectivity index (χ1) is 12.0. The summed E-state index contributed by atoms with van der Waals surface area (Å²) in [4.78, 5) is 35.0. The first-order valence-corrected chi connectivity index (χ1v) is 7.58. The van der Waals surface area contributed by atoms with E-state index in [2.05, 4.69) is 10.6 Å². The molecule has 0 aliphatic rings. The fourth-order valence-corrected chi connectivity index (χ4v) is 2.03. The molecule has 0 unspecified atom stereocenters. The van der Waals surface area contributed by atoms with Crippen LogP contribution in [0.5, 0.6) is 0 Å². The largest absolute Gasteiger partial charge is 0.478 e. The van der Waals surface area contributed by atoms with Crippen LogP contribution in [0.4, 0.5) is 10.5 Å². The van der Waals surface area contributed by atoms with Gasteiger partial charge in [0.2, 0.25) is 5.91 Å². The first-order valence-electron chi connectivity index (χ1n) is 7.58. The predicted octanol–water partition coefficient (Wildman–Crippen LogP) is 2.64. The van der Waals surface area contributed by atoms with E-state index in [0.717, 1.165) is 5.56 Å². The summed E-state index contributed by atoms with van der Waals surface area (Å²) in [5.74, 6) is -1.70. The quantitative estimate of drug-likeness (QED) is 0.748. The number of carboxylic acid groups (broad SMARTS) is 1. The summed E-state index contributed by atoms with van der Waals surface area (Å²) in [7, 11) is 0. The van der Waals surface area contributed by atoms with Crippen molar-refractivity contribution in [1.29, 1.82) is 0 Å². The molecule has 7 nitrogen and oxygen atoms in total. The summed E-state index contributed by atoms with van der Waals surface area (Å²) in [5, 5.41) is 14.0. The zero-order valence-electron chi connectivity index (χ0n) is 13.6. The highest BCUT2D eigenvalue weighted by molar-refractivity contribution is 6.02. The van der Waals surface area contributed by atoms with E-state index in [1.54, 1.807) is 12.1 Å². The van der Waals surface area contributed by atoms with Crippen LogP contribution in [-0.2, 0) is 16.1 Å². The molecule has 0 aromatic heterocycles. The molecule has 2 aromatic rings. The van der Waals surface area contributed by atoms with Gasteiger partial charge in [-0.3, -0.25) is 4.79 Å². The van der Waals surface area contributed by atoms with Crippen LogP contribution in [0.25, 0.3) is 0 Å². The molecular formula is C18H18N2O5. The Morgan fingerprint density at radius 3 is 2.36 bits per heavy atom. The Labute approximate surface area is 144 Å². The van der Waals surface area contributed by atoms with Gasteiger partial charge >= 0.3 is 12.1 Å². The Morgan fingerprint density at radius 1 is 1.04 bits per heavy atom. The molecule has 2 aromatic carbocycles. The molecule has 7 heteroatoms. The third kappa shape index (κ3) is 5.35. The van der Waals surface area contributed by atoms with Gasteiger partial charge in [-0.2, -0.15) is 0 Å². The number of benzene rings is 2. The molecule has 0 heterocycles. The highest BCUT2D eigenvalue weighted by Crippen LogP contribution is 2.15. The van der Waals surface area contributed by atoms with Gasteiger partial charge in [0.25, 0.3) is 0 Å². The smallest absolute Gasteiger partial charge is 0.408 e. The van der Waals surface area contributed by atoms with E-state index in [9.17, 15) is 14.4 Å². The first kappa shape index (κ1) is 18.0. The van der Waals surface area contributed by atoms with Gasteiger partial charge in [0, 0.05) is 0 Å². The molecule has 1 atom stereocenters. The lowest BCUT2D eigenvalue weighted by atomic mass is 10.1. The number of carboxylic acids is 1. The third-order valence-corrected chi connectivity index (χ3v) is 3.36. The second-order valence-electron chi connectivity index (χ2n) is 5.27. The van der Waals surface area contributed by atoms with Crippen molar-refractivity contribution in [2.24, 2.45) is 0 Å². The number of hydrogen-bond acceptors (Lipinski definition) is 4. The maximum absolute atomic E-state index is 12.1. The molecule has 0 saturated heterocycles. The fourth-order valence-electron chi connectivity index (χ4n) is 2.03. The van der Waals surface area contributed by atoms with E-state index >= 15 is 0 Å². The molecule has 0 bridgehead atoms. The fraction of sp³-hybridized carbons (Fsp3) is 0.167. The topological polar surface area (TPSA) is 105 Å². The number of carbonyl (C=O) groups is 3. The number of ether oxygens (including phenoxy) is 1. The zero-order valence-corrected chi connectivity index (χ0v) is 13.6. The number of carbonyl (C=O) groups excluding carboxylic acids is 2. The summed E-state index contributed by atoms with van der Waals surface area (Å²) in [6.45, 7) is 1.56. The Bertz CT molecular complexity index is 761. The number of nitrogens with one attached hydrogen (secondary N) is 2. The highest BCUT2D eigenvalue weighted by atomic mass is 16.5. The number of para-hydroxylation sites is 1. The van der Waals surface area contributed by atoms with Gasteiger partial charge in [0.1, 0.15) is 12.6 Å². The zero-order chi connectivity index (χ0) is 18.2. The number of aromatic carboxylic acids is 1. The minimum absolute atomic E-state index is 0.0327. The standard InChI is InChI=1S/C18H18N2O5/c1-12(19-18(24)25-11-13-7-3-2-4-8-13)16(21)20-15-10-6-5-9-14(15)17(22)23/h2-10,12H,11H2,1H3,(H,19,24)(H,20,21)(H,22,23)/t12-/m0/s1. The van der Waals surface area contributed by atoms with E-state index in [4.69, 9.17) is 9.84 Å². The van der Waals surface area contributed by atoms with E-state index in [0.29, 0.717) is 0 Å². The van der Waals surface area contributed by atoms with Crippen LogP contribution in [0.1, 0.15) is 22.8 Å². The van der Waals surface area contributed by atoms with Crippen molar-refractivity contribution in [3.05, 3.63) is 65.7 Å². The molecule has 0 aliphatic heterocycles. The Morgan fingerprint density at radius 2 is 1.68 bits per heavy atom. The molecular weight excluding hydrogens is 324 g/mol. The van der Waals surface area contributed by atoms with Crippen LogP contribution >= 0.6 is 0 Å². The van der Waals surface area contributed by atoms with Gasteiger partial charge < -0.3 is 20.5 Å². The third-order valence-electron chi connectivity index (χ3n) is 3.36. The van der Waals surface area contributed by atoms with Crippen molar-refractivity contribution in [3.8, 4) is 0 Å². The van der Waals surface area contributed by atoms with Gasteiger partial charge in [0.15, 0.2) is 0 Å². The average Bonchev–Trinajstić information content (AvgIpc) is 2.61. The van der Waals surface area contributed by atoms with E-state index in [-0.39, 0.29) is 17.9 Å². The predicted molar refractivity (Wildman–Crippen MR) is 91.3 cm³/mol. The maximum atomic E-state index is 12.1. The molecule has 2 amide bonds. The summed E-state index contributed by atoms with van der Waals surface area (Å²) in [6, 6.07) is 14.2. The molecule has 0 radical (unpaired) electrons. The van der Waals surface area contributed by atoms with Crippen molar-refractivity contribution in [2.75, 3.05) is 5.32 Å². The number of rotatable bonds is 6. The second-order valence-corrected chi connectivity index (χ2v) is 5.27. The molecule has 0 aliphatic carbocycles. The number of amides is 2. The van der Waals surface area contributed by atoms with Gasteiger partial charge in [0.05, 0.1) is 11.3 Å². The maximum Gasteiger partial charge on any atom is 0.408 e. The average molecular weight is 342 g/mol. The van der Waals surface area contributed by atoms with Crippen molar-refractivity contribution < 1.29 is 24.2 Å². The van der Waals surface area contributed by atoms with Crippen LogP contribution < -0.4 is 10.6 Å². The SMILES string of the molecule is C[C@H](NC(=O)OCc1ccccc1)C(=O)Nc1ccccc1C(=O)O. The minimum atomic E-state index is -1.15. The lowest BCUT2D eigenvalue weighted by Crippen LogP contribution is -2.42. The summed E-state index contributed by atoms with van der Waals surface area (Å²) < 4.78 is 5.04. The molecule has 2 rings (SSSR count). The lowest BCUT2D eigenvalue weighted by molar-refractivity contribution is -0.117. The van der Waals surface area contributed by atoms with Crippen molar-refractivity contribution in [3.63, 3.8) is 0 Å². The van der Waals surface area contributed by atoms with E-state index in [1.165, 1.54) is 19.1 Å². The van der Waals surface area contributed by atoms with Crippen LogP contribution in [0, 0.1) is 0 Å². The highest BCUT2D eigenvalue weighted by Gasteiger charge is 2.19. The van der Waals surface area contributed by atoms with E-state index < -0.39 is 24.0 Å². The van der Waals surface area contributed by atoms with Gasteiger partial charge in [-0.1, -0.05) is 42.5 Å². The summed E-state index contributed by atoms with van der Waals surface area (Å²) in [5.41, 5.74) is 0.950. The number of anilines is 1.